The Morgan fingerprint density at radius 3 is 2.67 bits per heavy atom. The van der Waals surface area contributed by atoms with E-state index in [4.69, 9.17) is 11.6 Å². The molecule has 0 aliphatic heterocycles. The number of benzene rings is 1. The van der Waals surface area contributed by atoms with Gasteiger partial charge in [0.2, 0.25) is 0 Å². The molecule has 0 bridgehead atoms. The molecule has 3 nitrogen and oxygen atoms in total. The minimum Gasteiger partial charge on any atom is -0.378 e. The summed E-state index contributed by atoms with van der Waals surface area (Å²) >= 11 is 7.59. The Morgan fingerprint density at radius 1 is 1.24 bits per heavy atom. The second-order valence-electron chi connectivity index (χ2n) is 4.91. The van der Waals surface area contributed by atoms with Gasteiger partial charge in [-0.25, -0.2) is 0 Å². The van der Waals surface area contributed by atoms with Crippen molar-refractivity contribution in [2.24, 2.45) is 0 Å². The van der Waals surface area contributed by atoms with E-state index in [1.165, 1.54) is 10.4 Å². The van der Waals surface area contributed by atoms with Crippen molar-refractivity contribution in [1.29, 1.82) is 0 Å². The van der Waals surface area contributed by atoms with Gasteiger partial charge in [-0.05, 0) is 42.8 Å². The number of nitrogens with one attached hydrogen (secondary N) is 1. The van der Waals surface area contributed by atoms with Crippen molar-refractivity contribution in [2.45, 2.75) is 19.5 Å². The van der Waals surface area contributed by atoms with Crippen LogP contribution in [0, 0.1) is 0 Å². The van der Waals surface area contributed by atoms with Crippen LogP contribution in [0.15, 0.2) is 54.9 Å². The van der Waals surface area contributed by atoms with E-state index in [0.717, 1.165) is 16.6 Å². The van der Waals surface area contributed by atoms with Gasteiger partial charge in [0.05, 0.1) is 16.9 Å². The highest BCUT2D eigenvalue weighted by Gasteiger charge is 2.08. The normalized spacial score (nSPS) is 12.3. The quantitative estimate of drug-likeness (QED) is 0.731. The van der Waals surface area contributed by atoms with Crippen molar-refractivity contribution in [3.63, 3.8) is 0 Å². The number of halogens is 1. The fourth-order valence-corrected chi connectivity index (χ4v) is 3.23. The molecule has 21 heavy (non-hydrogen) atoms. The maximum absolute atomic E-state index is 5.98. The van der Waals surface area contributed by atoms with Crippen LogP contribution in [0.3, 0.4) is 0 Å². The van der Waals surface area contributed by atoms with E-state index in [1.54, 1.807) is 17.5 Å². The monoisotopic (exact) mass is 317 g/mol. The number of hydrogen-bond donors (Lipinski definition) is 1. The lowest BCUT2D eigenvalue weighted by Crippen LogP contribution is -2.05. The van der Waals surface area contributed by atoms with Crippen molar-refractivity contribution in [2.75, 3.05) is 5.32 Å². The van der Waals surface area contributed by atoms with Gasteiger partial charge in [0.1, 0.15) is 0 Å². The Bertz CT molecular complexity index is 689. The fourth-order valence-electron chi connectivity index (χ4n) is 2.17. The Kier molecular flexibility index (Phi) is 4.27. The summed E-state index contributed by atoms with van der Waals surface area (Å²) in [4.78, 5) is 1.24. The number of hydrogen-bond acceptors (Lipinski definition) is 3. The molecule has 0 saturated heterocycles. The van der Waals surface area contributed by atoms with Gasteiger partial charge in [0, 0.05) is 23.0 Å². The molecule has 0 amide bonds. The van der Waals surface area contributed by atoms with Gasteiger partial charge in [-0.15, -0.1) is 11.3 Å². The standard InChI is InChI=1S/C16H16ClN3S/c1-12(15-7-8-16(17)21-15)19-14-5-3-13(4-6-14)11-20-10-2-9-18-20/h2-10,12,19H,11H2,1H3. The van der Waals surface area contributed by atoms with E-state index in [2.05, 4.69) is 47.7 Å². The fraction of sp³-hybridized carbons (Fsp3) is 0.188. The van der Waals surface area contributed by atoms with Gasteiger partial charge in [0.15, 0.2) is 0 Å². The molecule has 1 atom stereocenters. The SMILES string of the molecule is CC(Nc1ccc(Cn2cccn2)cc1)c1ccc(Cl)s1. The van der Waals surface area contributed by atoms with Crippen LogP contribution < -0.4 is 5.32 Å². The van der Waals surface area contributed by atoms with E-state index >= 15 is 0 Å². The Morgan fingerprint density at radius 2 is 2.05 bits per heavy atom. The van der Waals surface area contributed by atoms with Gasteiger partial charge in [-0.1, -0.05) is 23.7 Å². The van der Waals surface area contributed by atoms with Crippen molar-refractivity contribution < 1.29 is 0 Å². The third-order valence-corrected chi connectivity index (χ3v) is 4.68. The second kappa shape index (κ2) is 6.33. The highest BCUT2D eigenvalue weighted by Crippen LogP contribution is 2.29. The molecule has 0 radical (unpaired) electrons. The molecular formula is C16H16ClN3S. The zero-order chi connectivity index (χ0) is 14.7. The van der Waals surface area contributed by atoms with Gasteiger partial charge in [-0.2, -0.15) is 5.10 Å². The van der Waals surface area contributed by atoms with Crippen molar-refractivity contribution >= 4 is 28.6 Å². The summed E-state index contributed by atoms with van der Waals surface area (Å²) in [5.74, 6) is 0. The van der Waals surface area contributed by atoms with Crippen molar-refractivity contribution in [3.8, 4) is 0 Å². The molecule has 0 aliphatic rings. The largest absolute Gasteiger partial charge is 0.378 e. The molecule has 108 valence electrons. The van der Waals surface area contributed by atoms with Crippen LogP contribution in [0.5, 0.6) is 0 Å². The van der Waals surface area contributed by atoms with Crippen LogP contribution in [0.2, 0.25) is 4.34 Å². The zero-order valence-corrected chi connectivity index (χ0v) is 13.2. The van der Waals surface area contributed by atoms with Crippen LogP contribution in [0.1, 0.15) is 23.4 Å². The third kappa shape index (κ3) is 3.65. The molecule has 2 aromatic heterocycles. The highest BCUT2D eigenvalue weighted by molar-refractivity contribution is 7.16. The zero-order valence-electron chi connectivity index (χ0n) is 11.7. The molecule has 1 unspecified atom stereocenters. The van der Waals surface area contributed by atoms with E-state index in [1.807, 2.05) is 23.0 Å². The minimum atomic E-state index is 0.250. The lowest BCUT2D eigenvalue weighted by Gasteiger charge is -2.14. The van der Waals surface area contributed by atoms with Crippen LogP contribution >= 0.6 is 22.9 Å². The Balaban J connectivity index is 1.64. The smallest absolute Gasteiger partial charge is 0.0932 e. The summed E-state index contributed by atoms with van der Waals surface area (Å²) in [6.45, 7) is 2.93. The molecule has 0 fully saturated rings. The average Bonchev–Trinajstić information content (AvgIpc) is 3.12. The van der Waals surface area contributed by atoms with Gasteiger partial charge < -0.3 is 5.32 Å². The van der Waals surface area contributed by atoms with Crippen LogP contribution in [0.4, 0.5) is 5.69 Å². The maximum Gasteiger partial charge on any atom is 0.0932 e. The average molecular weight is 318 g/mol. The maximum atomic E-state index is 5.98. The third-order valence-electron chi connectivity index (χ3n) is 3.26. The van der Waals surface area contributed by atoms with Crippen molar-refractivity contribution in [3.05, 3.63) is 69.6 Å². The first-order valence-electron chi connectivity index (χ1n) is 6.79. The van der Waals surface area contributed by atoms with E-state index in [0.29, 0.717) is 0 Å². The molecule has 0 spiro atoms. The summed E-state index contributed by atoms with van der Waals surface area (Å²) in [7, 11) is 0. The summed E-state index contributed by atoms with van der Waals surface area (Å²) in [5.41, 5.74) is 2.34. The molecule has 0 aliphatic carbocycles. The van der Waals surface area contributed by atoms with Crippen molar-refractivity contribution in [1.82, 2.24) is 9.78 Å². The Labute approximate surface area is 133 Å². The van der Waals surface area contributed by atoms with E-state index in [-0.39, 0.29) is 6.04 Å². The summed E-state index contributed by atoms with van der Waals surface area (Å²) in [6, 6.07) is 14.6. The lowest BCUT2D eigenvalue weighted by molar-refractivity contribution is 0.687. The first-order chi connectivity index (χ1) is 10.2. The molecule has 1 aromatic carbocycles. The summed E-state index contributed by atoms with van der Waals surface area (Å²) < 4.78 is 2.74. The molecule has 0 saturated carbocycles. The lowest BCUT2D eigenvalue weighted by atomic mass is 10.2. The second-order valence-corrected chi connectivity index (χ2v) is 6.66. The molecule has 1 N–H and O–H groups in total. The van der Waals surface area contributed by atoms with E-state index < -0.39 is 0 Å². The molecular weight excluding hydrogens is 302 g/mol. The first-order valence-corrected chi connectivity index (χ1v) is 7.98. The number of nitrogens with zero attached hydrogens (tertiary/aromatic N) is 2. The first kappa shape index (κ1) is 14.2. The minimum absolute atomic E-state index is 0.250. The topological polar surface area (TPSA) is 29.9 Å². The van der Waals surface area contributed by atoms with Gasteiger partial charge in [-0.3, -0.25) is 4.68 Å². The van der Waals surface area contributed by atoms with Gasteiger partial charge in [0.25, 0.3) is 0 Å². The predicted octanol–water partition coefficient (Wildman–Crippen LogP) is 4.82. The van der Waals surface area contributed by atoms with Crippen LogP contribution in [-0.4, -0.2) is 9.78 Å². The van der Waals surface area contributed by atoms with Crippen LogP contribution in [-0.2, 0) is 6.54 Å². The predicted molar refractivity (Wildman–Crippen MR) is 89.1 cm³/mol. The molecule has 2 heterocycles. The highest BCUT2D eigenvalue weighted by atomic mass is 35.5. The summed E-state index contributed by atoms with van der Waals surface area (Å²) in [6.07, 6.45) is 3.76. The Hall–Kier alpha value is -1.78. The number of anilines is 1. The number of rotatable bonds is 5. The number of thiophene rings is 1. The van der Waals surface area contributed by atoms with Crippen LogP contribution in [0.25, 0.3) is 0 Å². The van der Waals surface area contributed by atoms with E-state index in [9.17, 15) is 0 Å². The molecule has 5 heteroatoms. The number of aromatic nitrogens is 2. The van der Waals surface area contributed by atoms with Gasteiger partial charge >= 0.3 is 0 Å². The molecule has 3 rings (SSSR count). The summed E-state index contributed by atoms with van der Waals surface area (Å²) in [5, 5.41) is 7.70. The molecule has 3 aromatic rings.